The van der Waals surface area contributed by atoms with E-state index in [1.165, 1.54) is 5.56 Å². The smallest absolute Gasteiger partial charge is 0.475 e. The van der Waals surface area contributed by atoms with Crippen molar-refractivity contribution in [1.82, 2.24) is 14.9 Å². The maximum absolute atomic E-state index is 12.4. The number of fused-ring (bicyclic) bond motifs is 1. The Bertz CT molecular complexity index is 759. The van der Waals surface area contributed by atoms with Gasteiger partial charge in [0.15, 0.2) is 0 Å². The van der Waals surface area contributed by atoms with E-state index in [1.807, 2.05) is 18.5 Å². The fourth-order valence-corrected chi connectivity index (χ4v) is 4.33. The molecule has 0 unspecified atom stereocenters. The lowest BCUT2D eigenvalue weighted by Gasteiger charge is -2.36. The van der Waals surface area contributed by atoms with Crippen molar-refractivity contribution >= 4 is 11.9 Å². The van der Waals surface area contributed by atoms with Crippen molar-refractivity contribution in [2.75, 3.05) is 32.8 Å². The van der Waals surface area contributed by atoms with Crippen molar-refractivity contribution < 1.29 is 37.4 Å². The summed E-state index contributed by atoms with van der Waals surface area (Å²) < 4.78 is 37.8. The fraction of sp³-hybridized carbons (Fsp3) is 0.667. The number of carboxylic acid groups (broad SMARTS) is 1. The zero-order chi connectivity index (χ0) is 23.1. The first-order valence-corrected chi connectivity index (χ1v) is 10.7. The molecule has 0 aromatic carbocycles. The van der Waals surface area contributed by atoms with Crippen LogP contribution in [-0.4, -0.2) is 77.1 Å². The summed E-state index contributed by atoms with van der Waals surface area (Å²) in [6, 6.07) is 4.12. The lowest BCUT2D eigenvalue weighted by Crippen LogP contribution is -2.43. The molecule has 4 heterocycles. The predicted molar refractivity (Wildman–Crippen MR) is 106 cm³/mol. The van der Waals surface area contributed by atoms with Crippen LogP contribution < -0.4 is 0 Å². The van der Waals surface area contributed by atoms with E-state index in [0.717, 1.165) is 52.0 Å². The van der Waals surface area contributed by atoms with E-state index in [1.54, 1.807) is 5.06 Å². The molecule has 1 aromatic rings. The van der Waals surface area contributed by atoms with Gasteiger partial charge >= 0.3 is 12.1 Å². The van der Waals surface area contributed by atoms with Crippen LogP contribution in [0.2, 0.25) is 0 Å². The van der Waals surface area contributed by atoms with Crippen molar-refractivity contribution in [3.63, 3.8) is 0 Å². The SMILES string of the molecule is O=C(C[C@H]1OC[C@H]2CN(Cc3cccnc3)CC[C@H]21)N1CCCCO1.O=C(O)C(F)(F)F. The Labute approximate surface area is 184 Å². The second-order valence-electron chi connectivity index (χ2n) is 8.22. The average Bonchev–Trinajstić information content (AvgIpc) is 3.17. The number of hydroxylamine groups is 2. The van der Waals surface area contributed by atoms with Crippen molar-refractivity contribution in [3.8, 4) is 0 Å². The standard InChI is InChI=1S/C19H27N3O3.C2HF3O2/c23-19(22-7-1-2-9-25-22)10-18-17-5-8-21(13-16(17)14-24-18)12-15-4-3-6-20-11-15;3-2(4,5)1(6)7/h3-4,6,11,16-18H,1-2,5,7-10,12-14H2;(H,6,7)/t16-,17-,18-;/m1./s1. The number of pyridine rings is 1. The number of carbonyl (C=O) groups excluding carboxylic acids is 1. The van der Waals surface area contributed by atoms with Gasteiger partial charge in [0.05, 0.1) is 25.7 Å². The summed E-state index contributed by atoms with van der Waals surface area (Å²) in [7, 11) is 0. The molecule has 11 heteroatoms. The van der Waals surface area contributed by atoms with E-state index in [0.29, 0.717) is 24.9 Å². The second kappa shape index (κ2) is 11.1. The topological polar surface area (TPSA) is 92.2 Å². The van der Waals surface area contributed by atoms with Gasteiger partial charge in [-0.05, 0) is 43.4 Å². The van der Waals surface area contributed by atoms with E-state index in [2.05, 4.69) is 16.0 Å². The average molecular weight is 459 g/mol. The third-order valence-electron chi connectivity index (χ3n) is 5.91. The Balaban J connectivity index is 0.000000360. The number of carbonyl (C=O) groups is 2. The highest BCUT2D eigenvalue weighted by molar-refractivity contribution is 5.75. The molecule has 32 heavy (non-hydrogen) atoms. The normalized spacial score (nSPS) is 26.1. The zero-order valence-corrected chi connectivity index (χ0v) is 17.7. The number of halogens is 3. The molecule has 1 N–H and O–H groups in total. The van der Waals surface area contributed by atoms with Crippen molar-refractivity contribution in [2.24, 2.45) is 11.8 Å². The first-order chi connectivity index (χ1) is 15.2. The molecule has 3 atom stereocenters. The van der Waals surface area contributed by atoms with E-state index < -0.39 is 12.1 Å². The van der Waals surface area contributed by atoms with Crippen molar-refractivity contribution in [1.29, 1.82) is 0 Å². The number of rotatable bonds is 4. The first-order valence-electron chi connectivity index (χ1n) is 10.7. The van der Waals surface area contributed by atoms with E-state index in [-0.39, 0.29) is 12.0 Å². The number of nitrogens with zero attached hydrogens (tertiary/aromatic N) is 3. The monoisotopic (exact) mass is 459 g/mol. The lowest BCUT2D eigenvalue weighted by molar-refractivity contribution is -0.199. The minimum absolute atomic E-state index is 0.0589. The molecule has 1 amide bonds. The second-order valence-corrected chi connectivity index (χ2v) is 8.22. The van der Waals surface area contributed by atoms with Gasteiger partial charge in [-0.2, -0.15) is 13.2 Å². The van der Waals surface area contributed by atoms with Gasteiger partial charge in [-0.3, -0.25) is 19.5 Å². The van der Waals surface area contributed by atoms with Gasteiger partial charge in [0.2, 0.25) is 5.91 Å². The minimum Gasteiger partial charge on any atom is -0.475 e. The Hall–Kier alpha value is -2.24. The van der Waals surface area contributed by atoms with Gasteiger partial charge in [-0.15, -0.1) is 0 Å². The number of ether oxygens (including phenoxy) is 1. The fourth-order valence-electron chi connectivity index (χ4n) is 4.33. The van der Waals surface area contributed by atoms with Crippen molar-refractivity contribution in [3.05, 3.63) is 30.1 Å². The summed E-state index contributed by atoms with van der Waals surface area (Å²) in [6.45, 7) is 5.20. The van der Waals surface area contributed by atoms with Crippen LogP contribution in [0.3, 0.4) is 0 Å². The molecule has 0 aliphatic carbocycles. The molecule has 0 spiro atoms. The van der Waals surface area contributed by atoms with E-state index in [9.17, 15) is 18.0 Å². The molecular formula is C21H28F3N3O5. The highest BCUT2D eigenvalue weighted by atomic mass is 19.4. The maximum Gasteiger partial charge on any atom is 0.490 e. The largest absolute Gasteiger partial charge is 0.490 e. The predicted octanol–water partition coefficient (Wildman–Crippen LogP) is 2.50. The Kier molecular flexibility index (Phi) is 8.44. The Morgan fingerprint density at radius 1 is 1.25 bits per heavy atom. The summed E-state index contributed by atoms with van der Waals surface area (Å²) >= 11 is 0. The quantitative estimate of drug-likeness (QED) is 0.740. The summed E-state index contributed by atoms with van der Waals surface area (Å²) in [5.41, 5.74) is 1.26. The van der Waals surface area contributed by atoms with Gasteiger partial charge in [0.25, 0.3) is 0 Å². The molecule has 3 aliphatic heterocycles. The lowest BCUT2D eigenvalue weighted by atomic mass is 9.83. The van der Waals surface area contributed by atoms with E-state index in [4.69, 9.17) is 19.5 Å². The van der Waals surface area contributed by atoms with Crippen molar-refractivity contribution in [2.45, 2.75) is 44.5 Å². The van der Waals surface area contributed by atoms with Gasteiger partial charge in [0, 0.05) is 37.9 Å². The summed E-state index contributed by atoms with van der Waals surface area (Å²) in [5, 5.41) is 8.68. The molecule has 0 bridgehead atoms. The van der Waals surface area contributed by atoms with Gasteiger partial charge in [-0.1, -0.05) is 6.07 Å². The number of alkyl halides is 3. The van der Waals surface area contributed by atoms with Crippen LogP contribution in [0, 0.1) is 11.8 Å². The summed E-state index contributed by atoms with van der Waals surface area (Å²) in [6.07, 6.45) is 2.37. The van der Waals surface area contributed by atoms with Gasteiger partial charge in [-0.25, -0.2) is 9.86 Å². The zero-order valence-electron chi connectivity index (χ0n) is 17.7. The first kappa shape index (κ1) is 24.4. The number of aliphatic carboxylic acids is 1. The number of amides is 1. The molecule has 178 valence electrons. The minimum atomic E-state index is -5.08. The summed E-state index contributed by atoms with van der Waals surface area (Å²) in [4.78, 5) is 33.5. The number of hydrogen-bond acceptors (Lipinski definition) is 6. The molecule has 3 aliphatic rings. The van der Waals surface area contributed by atoms with Gasteiger partial charge in [0.1, 0.15) is 0 Å². The van der Waals surface area contributed by atoms with E-state index >= 15 is 0 Å². The number of carboxylic acids is 1. The number of piperidine rings is 1. The highest BCUT2D eigenvalue weighted by Crippen LogP contribution is 2.36. The Morgan fingerprint density at radius 3 is 2.66 bits per heavy atom. The molecule has 3 saturated heterocycles. The number of hydrogen-bond donors (Lipinski definition) is 1. The van der Waals surface area contributed by atoms with Crippen LogP contribution in [0.4, 0.5) is 13.2 Å². The summed E-state index contributed by atoms with van der Waals surface area (Å²) in [5.74, 6) is -1.64. The van der Waals surface area contributed by atoms with Crippen LogP contribution in [0.1, 0.15) is 31.2 Å². The molecule has 4 rings (SSSR count). The molecule has 1 aromatic heterocycles. The van der Waals surface area contributed by atoms with Crippen LogP contribution in [0.25, 0.3) is 0 Å². The third-order valence-corrected chi connectivity index (χ3v) is 5.91. The molecule has 8 nitrogen and oxygen atoms in total. The van der Waals surface area contributed by atoms with Gasteiger partial charge < -0.3 is 9.84 Å². The molecular weight excluding hydrogens is 431 g/mol. The molecule has 3 fully saturated rings. The number of aromatic nitrogens is 1. The maximum atomic E-state index is 12.4. The van der Waals surface area contributed by atoms with Crippen LogP contribution in [-0.2, 0) is 25.7 Å². The van der Waals surface area contributed by atoms with Crippen LogP contribution in [0.15, 0.2) is 24.5 Å². The molecule has 0 radical (unpaired) electrons. The Morgan fingerprint density at radius 2 is 2.03 bits per heavy atom. The van der Waals surface area contributed by atoms with Crippen LogP contribution >= 0.6 is 0 Å². The highest BCUT2D eigenvalue weighted by Gasteiger charge is 2.42. The van der Waals surface area contributed by atoms with Crippen LogP contribution in [0.5, 0.6) is 0 Å². The third kappa shape index (κ3) is 6.88. The molecule has 0 saturated carbocycles. The number of likely N-dealkylation sites (tertiary alicyclic amines) is 1.